The molecule has 0 aromatic heterocycles. The Bertz CT molecular complexity index is 641. The number of hydrogen-bond acceptors (Lipinski definition) is 2. The number of carbonyl (C=O) groups is 1. The van der Waals surface area contributed by atoms with Crippen LogP contribution >= 0.6 is 0 Å². The summed E-state index contributed by atoms with van der Waals surface area (Å²) in [5, 5.41) is 12.0. The highest BCUT2D eigenvalue weighted by atomic mass is 19.1. The highest BCUT2D eigenvalue weighted by Crippen LogP contribution is 2.20. The monoisotopic (exact) mass is 295 g/mol. The lowest BCUT2D eigenvalue weighted by molar-refractivity contribution is 0.0907. The molecule has 0 spiro atoms. The zero-order chi connectivity index (χ0) is 15.4. The third kappa shape index (κ3) is 3.41. The standard InChI is InChI=1S/C15H12F3NO2/c16-10-5-2-1-4-9(10)15(21)19-8-13(20)14-11(17)6-3-7-12(14)18/h1-7,13,20H,8H2,(H,19,21). The molecule has 3 nitrogen and oxygen atoms in total. The fraction of sp³-hybridized carbons (Fsp3) is 0.133. The van der Waals surface area contributed by atoms with Gasteiger partial charge in [-0.05, 0) is 24.3 Å². The minimum absolute atomic E-state index is 0.210. The second kappa shape index (κ2) is 6.41. The Labute approximate surface area is 119 Å². The topological polar surface area (TPSA) is 49.3 Å². The minimum atomic E-state index is -1.57. The number of hydrogen-bond donors (Lipinski definition) is 2. The van der Waals surface area contributed by atoms with Gasteiger partial charge in [0, 0.05) is 6.54 Å². The average Bonchev–Trinajstić information content (AvgIpc) is 2.45. The predicted octanol–water partition coefficient (Wildman–Crippen LogP) is 2.57. The largest absolute Gasteiger partial charge is 0.386 e. The molecule has 21 heavy (non-hydrogen) atoms. The van der Waals surface area contributed by atoms with Crippen LogP contribution < -0.4 is 5.32 Å². The van der Waals surface area contributed by atoms with Crippen LogP contribution in [-0.4, -0.2) is 17.6 Å². The summed E-state index contributed by atoms with van der Waals surface area (Å²) in [6, 6.07) is 8.45. The van der Waals surface area contributed by atoms with E-state index >= 15 is 0 Å². The number of carbonyl (C=O) groups excluding carboxylic acids is 1. The van der Waals surface area contributed by atoms with E-state index in [9.17, 15) is 23.1 Å². The molecule has 0 saturated heterocycles. The van der Waals surface area contributed by atoms with E-state index in [0.29, 0.717) is 0 Å². The highest BCUT2D eigenvalue weighted by Gasteiger charge is 2.19. The molecular formula is C15H12F3NO2. The van der Waals surface area contributed by atoms with Crippen LogP contribution in [0.25, 0.3) is 0 Å². The van der Waals surface area contributed by atoms with E-state index in [2.05, 4.69) is 5.32 Å². The summed E-state index contributed by atoms with van der Waals surface area (Å²) in [5.41, 5.74) is -0.745. The summed E-state index contributed by atoms with van der Waals surface area (Å²) in [7, 11) is 0. The minimum Gasteiger partial charge on any atom is -0.386 e. The molecule has 0 aliphatic rings. The molecule has 0 aliphatic carbocycles. The fourth-order valence-electron chi connectivity index (χ4n) is 1.86. The molecule has 0 radical (unpaired) electrons. The number of amides is 1. The molecule has 0 fully saturated rings. The Morgan fingerprint density at radius 3 is 2.19 bits per heavy atom. The van der Waals surface area contributed by atoms with Gasteiger partial charge in [-0.1, -0.05) is 18.2 Å². The lowest BCUT2D eigenvalue weighted by Gasteiger charge is -2.14. The van der Waals surface area contributed by atoms with Gasteiger partial charge in [0.25, 0.3) is 5.91 Å². The van der Waals surface area contributed by atoms with E-state index in [1.54, 1.807) is 0 Å². The first-order valence-corrected chi connectivity index (χ1v) is 6.15. The Hall–Kier alpha value is -2.34. The Kier molecular flexibility index (Phi) is 4.59. The van der Waals surface area contributed by atoms with Crippen LogP contribution in [0.5, 0.6) is 0 Å². The smallest absolute Gasteiger partial charge is 0.254 e. The average molecular weight is 295 g/mol. The van der Waals surface area contributed by atoms with Crippen molar-refractivity contribution in [2.75, 3.05) is 6.54 Å². The van der Waals surface area contributed by atoms with Gasteiger partial charge in [-0.15, -0.1) is 0 Å². The summed E-state index contributed by atoms with van der Waals surface area (Å²) in [4.78, 5) is 11.7. The fourth-order valence-corrected chi connectivity index (χ4v) is 1.86. The highest BCUT2D eigenvalue weighted by molar-refractivity contribution is 5.94. The molecule has 0 saturated carbocycles. The van der Waals surface area contributed by atoms with Gasteiger partial charge in [-0.3, -0.25) is 4.79 Å². The number of nitrogens with one attached hydrogen (secondary N) is 1. The molecule has 0 aliphatic heterocycles. The van der Waals surface area contributed by atoms with Crippen LogP contribution in [0, 0.1) is 17.5 Å². The maximum absolute atomic E-state index is 13.4. The van der Waals surface area contributed by atoms with Gasteiger partial charge in [-0.2, -0.15) is 0 Å². The summed E-state index contributed by atoms with van der Waals surface area (Å²) < 4.78 is 40.3. The summed E-state index contributed by atoms with van der Waals surface area (Å²) in [5.74, 6) is -3.32. The molecule has 0 heterocycles. The molecular weight excluding hydrogens is 283 g/mol. The SMILES string of the molecule is O=C(NCC(O)c1c(F)cccc1F)c1ccccc1F. The molecule has 6 heteroatoms. The summed E-state index contributed by atoms with van der Waals surface area (Å²) in [6.45, 7) is -0.439. The lowest BCUT2D eigenvalue weighted by atomic mass is 10.1. The van der Waals surface area contributed by atoms with Crippen molar-refractivity contribution in [3.63, 3.8) is 0 Å². The first-order valence-electron chi connectivity index (χ1n) is 6.15. The van der Waals surface area contributed by atoms with E-state index in [-0.39, 0.29) is 5.56 Å². The number of aliphatic hydroxyl groups is 1. The first-order chi connectivity index (χ1) is 10.0. The molecule has 2 rings (SSSR count). The maximum atomic E-state index is 13.4. The number of benzene rings is 2. The lowest BCUT2D eigenvalue weighted by Crippen LogP contribution is -2.29. The Morgan fingerprint density at radius 2 is 1.57 bits per heavy atom. The van der Waals surface area contributed by atoms with Gasteiger partial charge in [0.1, 0.15) is 23.6 Å². The molecule has 2 N–H and O–H groups in total. The van der Waals surface area contributed by atoms with Gasteiger partial charge in [0.05, 0.1) is 11.1 Å². The maximum Gasteiger partial charge on any atom is 0.254 e. The molecule has 2 aromatic rings. The molecule has 1 amide bonds. The third-order valence-electron chi connectivity index (χ3n) is 2.91. The van der Waals surface area contributed by atoms with Gasteiger partial charge in [0.15, 0.2) is 0 Å². The van der Waals surface area contributed by atoms with Gasteiger partial charge >= 0.3 is 0 Å². The number of halogens is 3. The van der Waals surface area contributed by atoms with Crippen molar-refractivity contribution in [1.82, 2.24) is 5.32 Å². The van der Waals surface area contributed by atoms with E-state index in [4.69, 9.17) is 0 Å². The quantitative estimate of drug-likeness (QED) is 0.911. The van der Waals surface area contributed by atoms with E-state index in [1.807, 2.05) is 0 Å². The molecule has 0 bridgehead atoms. The molecule has 1 unspecified atom stereocenters. The van der Waals surface area contributed by atoms with Crippen molar-refractivity contribution in [2.45, 2.75) is 6.10 Å². The second-order valence-corrected chi connectivity index (χ2v) is 4.34. The zero-order valence-corrected chi connectivity index (χ0v) is 10.8. The van der Waals surface area contributed by atoms with Crippen molar-refractivity contribution >= 4 is 5.91 Å². The zero-order valence-electron chi connectivity index (χ0n) is 10.8. The van der Waals surface area contributed by atoms with Crippen molar-refractivity contribution < 1.29 is 23.1 Å². The Morgan fingerprint density at radius 1 is 1.00 bits per heavy atom. The third-order valence-corrected chi connectivity index (χ3v) is 2.91. The van der Waals surface area contributed by atoms with Crippen LogP contribution in [0.15, 0.2) is 42.5 Å². The van der Waals surface area contributed by atoms with Crippen LogP contribution in [0.3, 0.4) is 0 Å². The number of rotatable bonds is 4. The summed E-state index contributed by atoms with van der Waals surface area (Å²) in [6.07, 6.45) is -1.57. The molecule has 110 valence electrons. The van der Waals surface area contributed by atoms with Crippen LogP contribution in [0.4, 0.5) is 13.2 Å². The van der Waals surface area contributed by atoms with Gasteiger partial charge < -0.3 is 10.4 Å². The van der Waals surface area contributed by atoms with Crippen LogP contribution in [0.1, 0.15) is 22.0 Å². The summed E-state index contributed by atoms with van der Waals surface area (Å²) >= 11 is 0. The van der Waals surface area contributed by atoms with Crippen molar-refractivity contribution in [2.24, 2.45) is 0 Å². The van der Waals surface area contributed by atoms with E-state index in [0.717, 1.165) is 18.2 Å². The molecule has 1 atom stereocenters. The van der Waals surface area contributed by atoms with Gasteiger partial charge in [-0.25, -0.2) is 13.2 Å². The van der Waals surface area contributed by atoms with Crippen LogP contribution in [-0.2, 0) is 0 Å². The van der Waals surface area contributed by atoms with E-state index in [1.165, 1.54) is 24.3 Å². The van der Waals surface area contributed by atoms with Crippen molar-refractivity contribution in [1.29, 1.82) is 0 Å². The van der Waals surface area contributed by atoms with Crippen molar-refractivity contribution in [3.05, 3.63) is 71.0 Å². The van der Waals surface area contributed by atoms with E-state index < -0.39 is 41.6 Å². The normalized spacial score (nSPS) is 12.0. The van der Waals surface area contributed by atoms with Crippen LogP contribution in [0.2, 0.25) is 0 Å². The number of aliphatic hydroxyl groups excluding tert-OH is 1. The first kappa shape index (κ1) is 15.1. The van der Waals surface area contributed by atoms with Crippen molar-refractivity contribution in [3.8, 4) is 0 Å². The Balaban J connectivity index is 2.06. The van der Waals surface area contributed by atoms with Gasteiger partial charge in [0.2, 0.25) is 0 Å². The predicted molar refractivity (Wildman–Crippen MR) is 70.1 cm³/mol. The second-order valence-electron chi connectivity index (χ2n) is 4.34. The molecule has 2 aromatic carbocycles.